The zero-order valence-electron chi connectivity index (χ0n) is 22.4. The van der Waals surface area contributed by atoms with Crippen molar-refractivity contribution in [1.82, 2.24) is 24.7 Å². The number of fused-ring (bicyclic) bond motifs is 2. The first-order valence-electron chi connectivity index (χ1n) is 14.2. The van der Waals surface area contributed by atoms with Crippen molar-refractivity contribution in [3.63, 3.8) is 0 Å². The maximum absolute atomic E-state index is 13.3. The highest BCUT2D eigenvalue weighted by Crippen LogP contribution is 2.36. The molecule has 5 heterocycles. The first-order chi connectivity index (χ1) is 19.2. The molecule has 0 spiro atoms. The van der Waals surface area contributed by atoms with Gasteiger partial charge in [-0.15, -0.1) is 0 Å². The minimum atomic E-state index is -4.60. The fourth-order valence-electron chi connectivity index (χ4n) is 6.68. The second-order valence-electron chi connectivity index (χ2n) is 11.4. The van der Waals surface area contributed by atoms with Crippen LogP contribution in [0.3, 0.4) is 0 Å². The minimum absolute atomic E-state index is 0.0356. The second-order valence-corrected chi connectivity index (χ2v) is 11.4. The zero-order valence-corrected chi connectivity index (χ0v) is 22.4. The number of nitrogens with zero attached hydrogens (tertiary/aromatic N) is 3. The molecule has 9 nitrogen and oxygen atoms in total. The van der Waals surface area contributed by atoms with E-state index in [1.165, 1.54) is 10.1 Å². The molecule has 1 aliphatic carbocycles. The van der Waals surface area contributed by atoms with Crippen LogP contribution in [0.1, 0.15) is 54.3 Å². The largest absolute Gasteiger partial charge is 0.416 e. The van der Waals surface area contributed by atoms with Crippen molar-refractivity contribution in [3.05, 3.63) is 57.3 Å². The maximum Gasteiger partial charge on any atom is 0.416 e. The summed E-state index contributed by atoms with van der Waals surface area (Å²) < 4.78 is 53.4. The lowest BCUT2D eigenvalue weighted by atomic mass is 10.1. The Morgan fingerprint density at radius 2 is 2.02 bits per heavy atom. The number of aryl methyl sites for hydroxylation is 1. The number of ether oxygens (including phenoxy) is 2. The van der Waals surface area contributed by atoms with Gasteiger partial charge in [-0.05, 0) is 49.8 Å². The Kier molecular flexibility index (Phi) is 7.77. The molecule has 0 aromatic carbocycles. The average molecular weight is 564 g/mol. The number of alkyl halides is 3. The van der Waals surface area contributed by atoms with E-state index in [0.29, 0.717) is 25.2 Å². The Morgan fingerprint density at radius 1 is 1.15 bits per heavy atom. The van der Waals surface area contributed by atoms with Gasteiger partial charge < -0.3 is 24.3 Å². The highest BCUT2D eigenvalue weighted by Gasteiger charge is 2.41. The van der Waals surface area contributed by atoms with E-state index in [9.17, 15) is 22.8 Å². The van der Waals surface area contributed by atoms with Gasteiger partial charge in [-0.25, -0.2) is 0 Å². The van der Waals surface area contributed by atoms with Crippen LogP contribution in [0.25, 0.3) is 0 Å². The number of rotatable bonds is 6. The summed E-state index contributed by atoms with van der Waals surface area (Å²) in [6.45, 7) is 3.69. The third kappa shape index (κ3) is 5.86. The monoisotopic (exact) mass is 563 g/mol. The predicted octanol–water partition coefficient (Wildman–Crippen LogP) is 2.45. The molecule has 2 aromatic rings. The first-order valence-corrected chi connectivity index (χ1v) is 14.2. The van der Waals surface area contributed by atoms with E-state index in [4.69, 9.17) is 9.47 Å². The number of aromatic amines is 1. The smallest absolute Gasteiger partial charge is 0.381 e. The van der Waals surface area contributed by atoms with E-state index in [1.54, 1.807) is 4.90 Å². The van der Waals surface area contributed by atoms with E-state index in [1.807, 2.05) is 6.20 Å². The van der Waals surface area contributed by atoms with Crippen LogP contribution in [-0.4, -0.2) is 82.8 Å². The van der Waals surface area contributed by atoms with Gasteiger partial charge in [0.2, 0.25) is 5.91 Å². The second kappa shape index (κ2) is 11.3. The van der Waals surface area contributed by atoms with Crippen molar-refractivity contribution in [2.75, 3.05) is 39.4 Å². The van der Waals surface area contributed by atoms with Gasteiger partial charge in [-0.1, -0.05) is 0 Å². The number of amides is 1. The Balaban J connectivity index is 1.12. The van der Waals surface area contributed by atoms with Crippen LogP contribution < -0.4 is 10.9 Å². The van der Waals surface area contributed by atoms with E-state index < -0.39 is 17.3 Å². The lowest BCUT2D eigenvalue weighted by molar-refractivity contribution is -0.138. The van der Waals surface area contributed by atoms with Crippen molar-refractivity contribution in [1.29, 1.82) is 0 Å². The minimum Gasteiger partial charge on any atom is -0.381 e. The fourth-order valence-corrected chi connectivity index (χ4v) is 6.68. The van der Waals surface area contributed by atoms with Gasteiger partial charge in [0.15, 0.2) is 0 Å². The number of hydrogen-bond acceptors (Lipinski definition) is 6. The quantitative estimate of drug-likeness (QED) is 0.561. The van der Waals surface area contributed by atoms with Gasteiger partial charge in [-0.2, -0.15) is 13.2 Å². The molecule has 2 saturated heterocycles. The van der Waals surface area contributed by atoms with Crippen molar-refractivity contribution in [3.8, 4) is 0 Å². The molecular formula is C28H36F3N5O4. The first kappa shape index (κ1) is 27.5. The van der Waals surface area contributed by atoms with E-state index in [2.05, 4.69) is 21.3 Å². The van der Waals surface area contributed by atoms with Gasteiger partial charge in [0.05, 0.1) is 30.4 Å². The molecular weight excluding hydrogens is 527 g/mol. The van der Waals surface area contributed by atoms with Gasteiger partial charge in [-0.3, -0.25) is 19.4 Å². The summed E-state index contributed by atoms with van der Waals surface area (Å²) in [6.07, 6.45) is 2.00. The van der Waals surface area contributed by atoms with Crippen molar-refractivity contribution in [2.24, 2.45) is 0 Å². The zero-order chi connectivity index (χ0) is 27.9. The Bertz CT molecular complexity index is 1270. The van der Waals surface area contributed by atoms with Gasteiger partial charge in [0.25, 0.3) is 5.56 Å². The molecule has 3 aliphatic heterocycles. The third-order valence-corrected chi connectivity index (χ3v) is 8.72. The number of aromatic nitrogens is 2. The average Bonchev–Trinajstić information content (AvgIpc) is 3.56. The number of carbonyl (C=O) groups is 1. The molecule has 4 aliphatic rings. The molecule has 0 saturated carbocycles. The maximum atomic E-state index is 13.3. The van der Waals surface area contributed by atoms with Crippen LogP contribution >= 0.6 is 0 Å². The van der Waals surface area contributed by atoms with Crippen LogP contribution in [0.5, 0.6) is 0 Å². The molecule has 1 amide bonds. The number of carbonyl (C=O) groups excluding carboxylic acids is 1. The third-order valence-electron chi connectivity index (χ3n) is 8.72. The molecule has 6 rings (SSSR count). The Hall–Kier alpha value is -2.67. The van der Waals surface area contributed by atoms with Crippen LogP contribution in [0, 0.1) is 0 Å². The molecule has 2 fully saturated rings. The van der Waals surface area contributed by atoms with Crippen LogP contribution in [0.2, 0.25) is 0 Å². The van der Waals surface area contributed by atoms with Crippen LogP contribution in [0.15, 0.2) is 29.2 Å². The highest BCUT2D eigenvalue weighted by molar-refractivity contribution is 5.78. The molecule has 2 aromatic heterocycles. The standard InChI is InChI=1S/C28H36F3N5O4/c29-28(30,31)19-12-21-14-34(8-9-36(21)26(38)13-19)17-25(37)33-22-15-35(20-2-1-10-39-11-6-20)16-24(22)40-23-4-3-18-5-7-32-27(18)23/h5,7,12-13,20,22-24,32H,1-4,6,8-11,14-17H2,(H,33,37)/t20?,22?,23?,24-/m0/s1. The SMILES string of the molecule is O=C(CN1CCn2c(cc(C(F)(F)F)cc2=O)C1)NC1CN(C2CCCOCC2)C[C@@H]1OC1CCc2cc[nH]c21. The van der Waals surface area contributed by atoms with Gasteiger partial charge in [0.1, 0.15) is 0 Å². The number of halogens is 3. The molecule has 40 heavy (non-hydrogen) atoms. The number of nitrogens with one attached hydrogen (secondary N) is 2. The van der Waals surface area contributed by atoms with Crippen LogP contribution in [0.4, 0.5) is 13.2 Å². The molecule has 12 heteroatoms. The number of H-pyrrole nitrogens is 1. The Labute approximate surface area is 230 Å². The van der Waals surface area contributed by atoms with Crippen molar-refractivity contribution < 1.29 is 27.4 Å². The Morgan fingerprint density at radius 3 is 2.88 bits per heavy atom. The summed E-state index contributed by atoms with van der Waals surface area (Å²) >= 11 is 0. The molecule has 218 valence electrons. The molecule has 0 radical (unpaired) electrons. The lowest BCUT2D eigenvalue weighted by Crippen LogP contribution is -2.49. The normalized spacial score (nSPS) is 27.8. The van der Waals surface area contributed by atoms with Gasteiger partial charge >= 0.3 is 6.18 Å². The summed E-state index contributed by atoms with van der Waals surface area (Å²) in [5, 5.41) is 3.19. The summed E-state index contributed by atoms with van der Waals surface area (Å²) in [4.78, 5) is 33.0. The van der Waals surface area contributed by atoms with E-state index >= 15 is 0 Å². The molecule has 0 bridgehead atoms. The number of likely N-dealkylation sites (tertiary alicyclic amines) is 1. The van der Waals surface area contributed by atoms with Gasteiger partial charge in [0, 0.05) is 75.6 Å². The summed E-state index contributed by atoms with van der Waals surface area (Å²) in [5.74, 6) is -0.195. The fraction of sp³-hybridized carbons (Fsp3) is 0.643. The summed E-state index contributed by atoms with van der Waals surface area (Å²) in [7, 11) is 0. The lowest BCUT2D eigenvalue weighted by Gasteiger charge is -2.30. The molecule has 2 N–H and O–H groups in total. The predicted molar refractivity (Wildman–Crippen MR) is 140 cm³/mol. The van der Waals surface area contributed by atoms with E-state index in [0.717, 1.165) is 63.6 Å². The number of hydrogen-bond donors (Lipinski definition) is 2. The highest BCUT2D eigenvalue weighted by atomic mass is 19.4. The molecule has 4 atom stereocenters. The summed E-state index contributed by atoms with van der Waals surface area (Å²) in [6, 6.07) is 3.91. The topological polar surface area (TPSA) is 91.8 Å². The van der Waals surface area contributed by atoms with E-state index in [-0.39, 0.29) is 49.5 Å². The number of pyridine rings is 1. The molecule has 3 unspecified atom stereocenters. The summed E-state index contributed by atoms with van der Waals surface area (Å²) in [5.41, 5.74) is 1.04. The van der Waals surface area contributed by atoms with Crippen molar-refractivity contribution in [2.45, 2.75) is 75.7 Å². The van der Waals surface area contributed by atoms with Crippen LogP contribution in [-0.2, 0) is 40.0 Å². The van der Waals surface area contributed by atoms with Crippen molar-refractivity contribution >= 4 is 5.91 Å².